The molecule has 1 aliphatic heterocycles. The van der Waals surface area contributed by atoms with Gasteiger partial charge in [0.2, 0.25) is 5.91 Å². The van der Waals surface area contributed by atoms with E-state index in [-0.39, 0.29) is 18.4 Å². The molecule has 1 heterocycles. The van der Waals surface area contributed by atoms with E-state index in [9.17, 15) is 9.59 Å². The summed E-state index contributed by atoms with van der Waals surface area (Å²) in [5.41, 5.74) is 0.816. The third kappa shape index (κ3) is 3.60. The molecule has 1 fully saturated rings. The lowest BCUT2D eigenvalue weighted by Crippen LogP contribution is -2.28. The smallest absolute Gasteiger partial charge is 0.258 e. The number of hydrogen-bond acceptors (Lipinski definition) is 3. The Labute approximate surface area is 118 Å². The minimum Gasteiger partial charge on any atom is -0.484 e. The van der Waals surface area contributed by atoms with Crippen LogP contribution in [0.3, 0.4) is 0 Å². The van der Waals surface area contributed by atoms with E-state index in [1.807, 2.05) is 12.1 Å². The van der Waals surface area contributed by atoms with Gasteiger partial charge >= 0.3 is 0 Å². The Bertz CT molecular complexity index is 514. The number of nitrogens with one attached hydrogen (secondary N) is 1. The second-order valence-corrected chi connectivity index (χ2v) is 4.53. The van der Waals surface area contributed by atoms with Crippen LogP contribution in [-0.2, 0) is 9.59 Å². The van der Waals surface area contributed by atoms with Gasteiger partial charge in [0.05, 0.1) is 0 Å². The van der Waals surface area contributed by atoms with E-state index in [0.29, 0.717) is 18.7 Å². The van der Waals surface area contributed by atoms with Crippen molar-refractivity contribution in [2.75, 3.05) is 24.6 Å². The molecule has 2 rings (SSSR count). The maximum Gasteiger partial charge on any atom is 0.258 e. The number of anilines is 1. The fourth-order valence-electron chi connectivity index (χ4n) is 2.05. The van der Waals surface area contributed by atoms with Crippen LogP contribution >= 0.6 is 0 Å². The SMILES string of the molecule is C=CCNC(=O)COc1cccc(N2CCCC2=O)c1. The summed E-state index contributed by atoms with van der Waals surface area (Å²) < 4.78 is 5.42. The van der Waals surface area contributed by atoms with E-state index < -0.39 is 0 Å². The van der Waals surface area contributed by atoms with Crippen LogP contribution < -0.4 is 15.0 Å². The highest BCUT2D eigenvalue weighted by molar-refractivity contribution is 5.95. The molecule has 0 unspecified atom stereocenters. The maximum absolute atomic E-state index is 11.7. The molecule has 0 aliphatic carbocycles. The monoisotopic (exact) mass is 274 g/mol. The van der Waals surface area contributed by atoms with Crippen LogP contribution in [0.2, 0.25) is 0 Å². The minimum atomic E-state index is -0.201. The Morgan fingerprint density at radius 1 is 1.50 bits per heavy atom. The number of nitrogens with zero attached hydrogens (tertiary/aromatic N) is 1. The third-order valence-electron chi connectivity index (χ3n) is 3.02. The highest BCUT2D eigenvalue weighted by atomic mass is 16.5. The minimum absolute atomic E-state index is 0.0504. The Kier molecular flexibility index (Phi) is 4.76. The highest BCUT2D eigenvalue weighted by Gasteiger charge is 2.21. The molecule has 0 spiro atoms. The average Bonchev–Trinajstić information content (AvgIpc) is 2.89. The zero-order valence-electron chi connectivity index (χ0n) is 11.3. The fraction of sp³-hybridized carbons (Fsp3) is 0.333. The summed E-state index contributed by atoms with van der Waals surface area (Å²) in [5.74, 6) is 0.509. The van der Waals surface area contributed by atoms with Crippen LogP contribution in [0.25, 0.3) is 0 Å². The van der Waals surface area contributed by atoms with Crippen molar-refractivity contribution < 1.29 is 14.3 Å². The van der Waals surface area contributed by atoms with Crippen molar-refractivity contribution in [2.24, 2.45) is 0 Å². The first kappa shape index (κ1) is 14.1. The zero-order chi connectivity index (χ0) is 14.4. The molecule has 1 aromatic carbocycles. The molecule has 1 aliphatic rings. The summed E-state index contributed by atoms with van der Waals surface area (Å²) in [6, 6.07) is 7.24. The molecule has 0 saturated carbocycles. The lowest BCUT2D eigenvalue weighted by atomic mass is 10.3. The van der Waals surface area contributed by atoms with Crippen molar-refractivity contribution in [3.05, 3.63) is 36.9 Å². The van der Waals surface area contributed by atoms with E-state index in [2.05, 4.69) is 11.9 Å². The number of amides is 2. The van der Waals surface area contributed by atoms with Gasteiger partial charge in [-0.05, 0) is 18.6 Å². The van der Waals surface area contributed by atoms with Gasteiger partial charge < -0.3 is 15.0 Å². The molecular formula is C15H18N2O3. The molecule has 2 amide bonds. The lowest BCUT2D eigenvalue weighted by Gasteiger charge is -2.16. The van der Waals surface area contributed by atoms with Crippen LogP contribution in [0.4, 0.5) is 5.69 Å². The van der Waals surface area contributed by atoms with Crippen LogP contribution in [0.15, 0.2) is 36.9 Å². The van der Waals surface area contributed by atoms with Crippen molar-refractivity contribution >= 4 is 17.5 Å². The lowest BCUT2D eigenvalue weighted by molar-refractivity contribution is -0.123. The number of carbonyl (C=O) groups is 2. The Hall–Kier alpha value is -2.30. The molecule has 0 aromatic heterocycles. The molecule has 1 N–H and O–H groups in total. The van der Waals surface area contributed by atoms with Gasteiger partial charge in [-0.25, -0.2) is 0 Å². The summed E-state index contributed by atoms with van der Waals surface area (Å²) in [5, 5.41) is 2.63. The first-order chi connectivity index (χ1) is 9.70. The number of rotatable bonds is 6. The Morgan fingerprint density at radius 2 is 2.35 bits per heavy atom. The summed E-state index contributed by atoms with van der Waals surface area (Å²) in [6.07, 6.45) is 3.08. The first-order valence-electron chi connectivity index (χ1n) is 6.61. The molecule has 5 heteroatoms. The first-order valence-corrected chi connectivity index (χ1v) is 6.61. The van der Waals surface area contributed by atoms with Gasteiger partial charge in [0.1, 0.15) is 5.75 Å². The molecule has 106 valence electrons. The van der Waals surface area contributed by atoms with Crippen LogP contribution in [-0.4, -0.2) is 31.5 Å². The van der Waals surface area contributed by atoms with E-state index in [0.717, 1.165) is 18.7 Å². The normalized spacial score (nSPS) is 14.2. The van der Waals surface area contributed by atoms with Crippen molar-refractivity contribution in [3.8, 4) is 5.75 Å². The van der Waals surface area contributed by atoms with Crippen molar-refractivity contribution in [3.63, 3.8) is 0 Å². The Morgan fingerprint density at radius 3 is 3.05 bits per heavy atom. The van der Waals surface area contributed by atoms with Crippen molar-refractivity contribution in [1.29, 1.82) is 0 Å². The maximum atomic E-state index is 11.7. The Balaban J connectivity index is 1.94. The largest absolute Gasteiger partial charge is 0.484 e. The molecule has 1 aromatic rings. The van der Waals surface area contributed by atoms with Gasteiger partial charge in [-0.1, -0.05) is 12.1 Å². The predicted octanol–water partition coefficient (Wildman–Crippen LogP) is 1.49. The number of ether oxygens (including phenoxy) is 1. The molecule has 0 radical (unpaired) electrons. The van der Waals surface area contributed by atoms with Gasteiger partial charge in [-0.3, -0.25) is 9.59 Å². The molecule has 0 bridgehead atoms. The van der Waals surface area contributed by atoms with Gasteiger partial charge in [-0.2, -0.15) is 0 Å². The third-order valence-corrected chi connectivity index (χ3v) is 3.02. The molecule has 20 heavy (non-hydrogen) atoms. The summed E-state index contributed by atoms with van der Waals surface area (Å²) in [7, 11) is 0. The average molecular weight is 274 g/mol. The summed E-state index contributed by atoms with van der Waals surface area (Å²) in [6.45, 7) is 4.63. The van der Waals surface area contributed by atoms with Crippen LogP contribution in [0, 0.1) is 0 Å². The molecule has 0 atom stereocenters. The van der Waals surface area contributed by atoms with E-state index in [1.54, 1.807) is 23.1 Å². The quantitative estimate of drug-likeness (QED) is 0.800. The molecule has 5 nitrogen and oxygen atoms in total. The number of benzene rings is 1. The van der Waals surface area contributed by atoms with Gasteiger partial charge in [0.15, 0.2) is 6.61 Å². The molecule has 1 saturated heterocycles. The van der Waals surface area contributed by atoms with Crippen LogP contribution in [0.1, 0.15) is 12.8 Å². The summed E-state index contributed by atoms with van der Waals surface area (Å²) >= 11 is 0. The van der Waals surface area contributed by atoms with E-state index in [4.69, 9.17) is 4.74 Å². The number of carbonyl (C=O) groups excluding carboxylic acids is 2. The highest BCUT2D eigenvalue weighted by Crippen LogP contribution is 2.25. The fourth-order valence-corrected chi connectivity index (χ4v) is 2.05. The van der Waals surface area contributed by atoms with Crippen molar-refractivity contribution in [2.45, 2.75) is 12.8 Å². The van der Waals surface area contributed by atoms with Crippen molar-refractivity contribution in [1.82, 2.24) is 5.32 Å². The topological polar surface area (TPSA) is 58.6 Å². The van der Waals surface area contributed by atoms with E-state index in [1.165, 1.54) is 0 Å². The summed E-state index contributed by atoms with van der Waals surface area (Å²) in [4.78, 5) is 24.8. The van der Waals surface area contributed by atoms with Gasteiger partial charge in [-0.15, -0.1) is 6.58 Å². The molecular weight excluding hydrogens is 256 g/mol. The predicted molar refractivity (Wildman–Crippen MR) is 76.7 cm³/mol. The van der Waals surface area contributed by atoms with E-state index >= 15 is 0 Å². The van der Waals surface area contributed by atoms with Gasteiger partial charge in [0.25, 0.3) is 5.91 Å². The zero-order valence-corrected chi connectivity index (χ0v) is 11.3. The van der Waals surface area contributed by atoms with Crippen LogP contribution in [0.5, 0.6) is 5.75 Å². The second-order valence-electron chi connectivity index (χ2n) is 4.53. The number of hydrogen-bond donors (Lipinski definition) is 1. The second kappa shape index (κ2) is 6.75. The standard InChI is InChI=1S/C15H18N2O3/c1-2-8-16-14(18)11-20-13-6-3-5-12(10-13)17-9-4-7-15(17)19/h2-3,5-6,10H,1,4,7-9,11H2,(H,16,18). The van der Waals surface area contributed by atoms with Gasteiger partial charge in [0, 0.05) is 31.3 Å².